The van der Waals surface area contributed by atoms with E-state index in [1.54, 1.807) is 0 Å². The standard InChI is InChI=1S/C15H26N2/c1-4-14(11-16-3)12-17-10-9-15-7-5-13(2)6-8-15/h5-8,14,16-17H,4,9-12H2,1-3H3. The number of benzene rings is 1. The number of rotatable bonds is 8. The van der Waals surface area contributed by atoms with Gasteiger partial charge < -0.3 is 10.6 Å². The van der Waals surface area contributed by atoms with Gasteiger partial charge in [-0.3, -0.25) is 0 Å². The third-order valence-electron chi connectivity index (χ3n) is 3.21. The second-order valence-electron chi connectivity index (χ2n) is 4.77. The van der Waals surface area contributed by atoms with Gasteiger partial charge in [-0.25, -0.2) is 0 Å². The normalized spacial score (nSPS) is 12.6. The Labute approximate surface area is 106 Å². The van der Waals surface area contributed by atoms with Gasteiger partial charge in [-0.15, -0.1) is 0 Å². The molecule has 1 rings (SSSR count). The SMILES string of the molecule is CCC(CNC)CNCCc1ccc(C)cc1. The van der Waals surface area contributed by atoms with Gasteiger partial charge >= 0.3 is 0 Å². The van der Waals surface area contributed by atoms with Crippen molar-refractivity contribution in [1.29, 1.82) is 0 Å². The van der Waals surface area contributed by atoms with E-state index in [0.29, 0.717) is 0 Å². The molecule has 1 aromatic carbocycles. The van der Waals surface area contributed by atoms with Crippen LogP contribution >= 0.6 is 0 Å². The van der Waals surface area contributed by atoms with E-state index in [1.165, 1.54) is 17.5 Å². The lowest BCUT2D eigenvalue weighted by Gasteiger charge is -2.15. The summed E-state index contributed by atoms with van der Waals surface area (Å²) in [4.78, 5) is 0. The van der Waals surface area contributed by atoms with E-state index >= 15 is 0 Å². The molecule has 96 valence electrons. The van der Waals surface area contributed by atoms with Crippen LogP contribution in [0.4, 0.5) is 0 Å². The molecular formula is C15H26N2. The molecule has 0 radical (unpaired) electrons. The van der Waals surface area contributed by atoms with Crippen molar-refractivity contribution in [1.82, 2.24) is 10.6 Å². The summed E-state index contributed by atoms with van der Waals surface area (Å²) >= 11 is 0. The highest BCUT2D eigenvalue weighted by Crippen LogP contribution is 2.03. The van der Waals surface area contributed by atoms with Gasteiger partial charge in [0.15, 0.2) is 0 Å². The minimum atomic E-state index is 0.748. The molecule has 0 heterocycles. The lowest BCUT2D eigenvalue weighted by molar-refractivity contribution is 0.447. The van der Waals surface area contributed by atoms with Crippen molar-refractivity contribution >= 4 is 0 Å². The molecule has 0 spiro atoms. The number of hydrogen-bond acceptors (Lipinski definition) is 2. The monoisotopic (exact) mass is 234 g/mol. The molecule has 0 aliphatic carbocycles. The van der Waals surface area contributed by atoms with E-state index in [2.05, 4.69) is 48.7 Å². The van der Waals surface area contributed by atoms with Crippen molar-refractivity contribution in [2.45, 2.75) is 26.7 Å². The van der Waals surface area contributed by atoms with Gasteiger partial charge in [0.2, 0.25) is 0 Å². The van der Waals surface area contributed by atoms with Crippen molar-refractivity contribution in [2.24, 2.45) is 5.92 Å². The van der Waals surface area contributed by atoms with Gasteiger partial charge in [0, 0.05) is 0 Å². The Balaban J connectivity index is 2.17. The van der Waals surface area contributed by atoms with Crippen LogP contribution in [-0.2, 0) is 6.42 Å². The van der Waals surface area contributed by atoms with Crippen LogP contribution in [0.15, 0.2) is 24.3 Å². The summed E-state index contributed by atoms with van der Waals surface area (Å²) in [5.41, 5.74) is 2.76. The molecule has 0 saturated heterocycles. The molecule has 1 unspecified atom stereocenters. The fourth-order valence-corrected chi connectivity index (χ4v) is 1.94. The average molecular weight is 234 g/mol. The van der Waals surface area contributed by atoms with E-state index in [4.69, 9.17) is 0 Å². The first-order chi connectivity index (χ1) is 8.26. The molecule has 0 aromatic heterocycles. The zero-order chi connectivity index (χ0) is 12.5. The number of aryl methyl sites for hydroxylation is 1. The van der Waals surface area contributed by atoms with Crippen LogP contribution in [0.3, 0.4) is 0 Å². The molecule has 17 heavy (non-hydrogen) atoms. The molecule has 0 bridgehead atoms. The fourth-order valence-electron chi connectivity index (χ4n) is 1.94. The molecule has 0 aliphatic rings. The van der Waals surface area contributed by atoms with Crippen molar-refractivity contribution in [3.8, 4) is 0 Å². The Morgan fingerprint density at radius 3 is 2.41 bits per heavy atom. The lowest BCUT2D eigenvalue weighted by Crippen LogP contribution is -2.30. The van der Waals surface area contributed by atoms with Crippen molar-refractivity contribution < 1.29 is 0 Å². The van der Waals surface area contributed by atoms with Gasteiger partial charge in [-0.1, -0.05) is 43.2 Å². The van der Waals surface area contributed by atoms with Crippen LogP contribution in [-0.4, -0.2) is 26.7 Å². The molecule has 2 heteroatoms. The first-order valence-corrected chi connectivity index (χ1v) is 6.67. The van der Waals surface area contributed by atoms with Gasteiger partial charge in [0.25, 0.3) is 0 Å². The van der Waals surface area contributed by atoms with E-state index in [0.717, 1.165) is 32.0 Å². The van der Waals surface area contributed by atoms with Crippen LogP contribution in [0.2, 0.25) is 0 Å². The minimum absolute atomic E-state index is 0.748. The Morgan fingerprint density at radius 1 is 1.12 bits per heavy atom. The van der Waals surface area contributed by atoms with Crippen LogP contribution < -0.4 is 10.6 Å². The van der Waals surface area contributed by atoms with Crippen LogP contribution in [0, 0.1) is 12.8 Å². The maximum absolute atomic E-state index is 3.54. The Bertz CT molecular complexity index is 292. The maximum atomic E-state index is 3.54. The Kier molecular flexibility index (Phi) is 6.90. The Morgan fingerprint density at radius 2 is 1.82 bits per heavy atom. The first kappa shape index (κ1) is 14.2. The molecule has 2 N–H and O–H groups in total. The van der Waals surface area contributed by atoms with E-state index < -0.39 is 0 Å². The fraction of sp³-hybridized carbons (Fsp3) is 0.600. The van der Waals surface area contributed by atoms with Gasteiger partial charge in [0.05, 0.1) is 0 Å². The minimum Gasteiger partial charge on any atom is -0.319 e. The molecule has 1 aromatic rings. The lowest BCUT2D eigenvalue weighted by atomic mass is 10.1. The third-order valence-corrected chi connectivity index (χ3v) is 3.21. The highest BCUT2D eigenvalue weighted by molar-refractivity contribution is 5.21. The molecule has 1 atom stereocenters. The van der Waals surface area contributed by atoms with Crippen molar-refractivity contribution in [2.75, 3.05) is 26.7 Å². The van der Waals surface area contributed by atoms with Gasteiger partial charge in [-0.05, 0) is 51.5 Å². The molecule has 2 nitrogen and oxygen atoms in total. The summed E-state index contributed by atoms with van der Waals surface area (Å²) in [6.07, 6.45) is 2.36. The summed E-state index contributed by atoms with van der Waals surface area (Å²) in [6.45, 7) is 7.68. The summed E-state index contributed by atoms with van der Waals surface area (Å²) in [5.74, 6) is 0.748. The first-order valence-electron chi connectivity index (χ1n) is 6.67. The van der Waals surface area contributed by atoms with E-state index in [-0.39, 0.29) is 0 Å². The summed E-state index contributed by atoms with van der Waals surface area (Å²) in [5, 5.41) is 6.79. The third kappa shape index (κ3) is 5.85. The predicted octanol–water partition coefficient (Wildman–Crippen LogP) is 2.37. The summed E-state index contributed by atoms with van der Waals surface area (Å²) in [6, 6.07) is 8.82. The number of nitrogens with one attached hydrogen (secondary N) is 2. The summed E-state index contributed by atoms with van der Waals surface area (Å²) < 4.78 is 0. The largest absolute Gasteiger partial charge is 0.319 e. The van der Waals surface area contributed by atoms with E-state index in [1.807, 2.05) is 7.05 Å². The smallest absolute Gasteiger partial charge is 0.000823 e. The highest BCUT2D eigenvalue weighted by Gasteiger charge is 2.03. The zero-order valence-corrected chi connectivity index (χ0v) is 11.4. The van der Waals surface area contributed by atoms with Crippen molar-refractivity contribution in [3.63, 3.8) is 0 Å². The second kappa shape index (κ2) is 8.26. The topological polar surface area (TPSA) is 24.1 Å². The second-order valence-corrected chi connectivity index (χ2v) is 4.77. The van der Waals surface area contributed by atoms with Crippen molar-refractivity contribution in [3.05, 3.63) is 35.4 Å². The van der Waals surface area contributed by atoms with Crippen LogP contribution in [0.1, 0.15) is 24.5 Å². The van der Waals surface area contributed by atoms with Crippen LogP contribution in [0.25, 0.3) is 0 Å². The Hall–Kier alpha value is -0.860. The quantitative estimate of drug-likeness (QED) is 0.675. The average Bonchev–Trinajstić information content (AvgIpc) is 2.35. The molecule has 0 aliphatic heterocycles. The zero-order valence-electron chi connectivity index (χ0n) is 11.4. The van der Waals surface area contributed by atoms with Crippen LogP contribution in [0.5, 0.6) is 0 Å². The molecular weight excluding hydrogens is 208 g/mol. The van der Waals surface area contributed by atoms with Gasteiger partial charge in [-0.2, -0.15) is 0 Å². The maximum Gasteiger partial charge on any atom is -0.000823 e. The highest BCUT2D eigenvalue weighted by atomic mass is 14.9. The van der Waals surface area contributed by atoms with E-state index in [9.17, 15) is 0 Å². The number of hydrogen-bond donors (Lipinski definition) is 2. The summed E-state index contributed by atoms with van der Waals surface area (Å²) in [7, 11) is 2.02. The van der Waals surface area contributed by atoms with Gasteiger partial charge in [0.1, 0.15) is 0 Å². The predicted molar refractivity (Wildman–Crippen MR) is 75.5 cm³/mol. The molecule has 0 fully saturated rings. The molecule has 0 amide bonds. The molecule has 0 saturated carbocycles.